The minimum absolute atomic E-state index is 0.0719. The molecular formula is C33H24O12. The van der Waals surface area contributed by atoms with Gasteiger partial charge >= 0.3 is 23.9 Å². The van der Waals surface area contributed by atoms with Crippen molar-refractivity contribution >= 4 is 23.9 Å². The quantitative estimate of drug-likeness (QED) is 0.175. The van der Waals surface area contributed by atoms with Gasteiger partial charge in [-0.25, -0.2) is 19.2 Å². The van der Waals surface area contributed by atoms with Crippen LogP contribution in [0.4, 0.5) is 0 Å². The van der Waals surface area contributed by atoms with E-state index < -0.39 is 53.7 Å². The highest BCUT2D eigenvalue weighted by molar-refractivity contribution is 5.89. The summed E-state index contributed by atoms with van der Waals surface area (Å²) in [6, 6.07) is 23.3. The number of carbonyl (C=O) groups is 4. The Bertz CT molecular complexity index is 1500. The van der Waals surface area contributed by atoms with Crippen LogP contribution in [0.1, 0.15) is 41.4 Å². The maximum Gasteiger partial charge on any atom is 0.335 e. The van der Waals surface area contributed by atoms with Crippen molar-refractivity contribution in [1.82, 2.24) is 0 Å². The standard InChI is InChI=1S/C33H24O12/c34-29(35)17-1-9-21(10-2-17)42-25-26(43-22-11-3-18(4-12-22)30(36)37)33(25)27(44-23-13-5-19(6-14-23)31(38)39)28(33)45-24-15-7-20(8-16-24)32(40)41/h1-16,25-28H,(H,34,35)(H,36,37)(H,38,39)(H,40,41). The Balaban J connectivity index is 1.33. The normalized spacial score (nSPS) is 22.6. The van der Waals surface area contributed by atoms with Crippen molar-refractivity contribution in [2.75, 3.05) is 0 Å². The third kappa shape index (κ3) is 5.56. The molecule has 45 heavy (non-hydrogen) atoms. The molecule has 2 aliphatic carbocycles. The van der Waals surface area contributed by atoms with Crippen LogP contribution in [0.3, 0.4) is 0 Å². The van der Waals surface area contributed by atoms with E-state index in [1.54, 1.807) is 0 Å². The summed E-state index contributed by atoms with van der Waals surface area (Å²) in [7, 11) is 0. The second-order valence-corrected chi connectivity index (χ2v) is 10.5. The van der Waals surface area contributed by atoms with E-state index in [9.17, 15) is 39.6 Å². The third-order valence-corrected chi connectivity index (χ3v) is 7.76. The number of hydrogen-bond donors (Lipinski definition) is 4. The van der Waals surface area contributed by atoms with Gasteiger partial charge in [-0.3, -0.25) is 0 Å². The number of rotatable bonds is 12. The first-order chi connectivity index (χ1) is 21.6. The number of carboxylic acid groups (broad SMARTS) is 4. The maximum absolute atomic E-state index is 11.3. The van der Waals surface area contributed by atoms with Crippen LogP contribution in [0.5, 0.6) is 23.0 Å². The summed E-state index contributed by atoms with van der Waals surface area (Å²) in [5, 5.41) is 37.1. The van der Waals surface area contributed by atoms with Gasteiger partial charge in [0, 0.05) is 0 Å². The van der Waals surface area contributed by atoms with Crippen molar-refractivity contribution < 1.29 is 58.6 Å². The molecule has 12 nitrogen and oxygen atoms in total. The molecule has 12 heteroatoms. The van der Waals surface area contributed by atoms with Gasteiger partial charge in [0.1, 0.15) is 28.4 Å². The fourth-order valence-corrected chi connectivity index (χ4v) is 5.31. The molecule has 2 fully saturated rings. The van der Waals surface area contributed by atoms with Crippen molar-refractivity contribution in [1.29, 1.82) is 0 Å². The zero-order valence-electron chi connectivity index (χ0n) is 23.1. The molecule has 0 heterocycles. The van der Waals surface area contributed by atoms with E-state index in [0.29, 0.717) is 23.0 Å². The van der Waals surface area contributed by atoms with Crippen LogP contribution in [-0.4, -0.2) is 68.7 Å². The summed E-state index contributed by atoms with van der Waals surface area (Å²) in [5.74, 6) is -2.94. The molecule has 4 aromatic rings. The van der Waals surface area contributed by atoms with E-state index in [4.69, 9.17) is 18.9 Å². The highest BCUT2D eigenvalue weighted by atomic mass is 16.6. The van der Waals surface area contributed by atoms with Gasteiger partial charge in [0.25, 0.3) is 0 Å². The Morgan fingerprint density at radius 3 is 0.711 bits per heavy atom. The lowest BCUT2D eigenvalue weighted by atomic mass is 10.2. The van der Waals surface area contributed by atoms with Crippen LogP contribution in [0.15, 0.2) is 97.1 Å². The second kappa shape index (κ2) is 11.2. The minimum atomic E-state index is -1.09. The van der Waals surface area contributed by atoms with Gasteiger partial charge in [0.15, 0.2) is 24.4 Å². The number of carboxylic acids is 4. The molecule has 1 spiro atoms. The Morgan fingerprint density at radius 1 is 0.378 bits per heavy atom. The van der Waals surface area contributed by atoms with E-state index in [0.717, 1.165) is 0 Å². The summed E-state index contributed by atoms with van der Waals surface area (Å²) in [6.45, 7) is 0. The number of ether oxygens (including phenoxy) is 4. The topological polar surface area (TPSA) is 186 Å². The summed E-state index contributed by atoms with van der Waals surface area (Å²) in [6.07, 6.45) is -2.73. The molecule has 0 amide bonds. The average molecular weight is 613 g/mol. The monoisotopic (exact) mass is 612 g/mol. The predicted molar refractivity (Wildman–Crippen MR) is 154 cm³/mol. The van der Waals surface area contributed by atoms with E-state index >= 15 is 0 Å². The molecule has 0 bridgehead atoms. The summed E-state index contributed by atoms with van der Waals surface area (Å²) < 4.78 is 25.2. The van der Waals surface area contributed by atoms with Gasteiger partial charge < -0.3 is 39.4 Å². The van der Waals surface area contributed by atoms with Crippen molar-refractivity contribution in [3.63, 3.8) is 0 Å². The molecule has 0 aliphatic heterocycles. The van der Waals surface area contributed by atoms with Crippen molar-refractivity contribution in [2.45, 2.75) is 24.4 Å². The lowest BCUT2D eigenvalue weighted by Crippen LogP contribution is -2.09. The van der Waals surface area contributed by atoms with E-state index in [1.165, 1.54) is 97.1 Å². The smallest absolute Gasteiger partial charge is 0.335 e. The molecule has 4 aromatic carbocycles. The van der Waals surface area contributed by atoms with Gasteiger partial charge in [-0.15, -0.1) is 0 Å². The lowest BCUT2D eigenvalue weighted by molar-refractivity contribution is 0.0686. The van der Waals surface area contributed by atoms with E-state index in [-0.39, 0.29) is 22.3 Å². The highest BCUT2D eigenvalue weighted by Crippen LogP contribution is 2.70. The Hall–Kier alpha value is -6.04. The molecule has 0 aromatic heterocycles. The van der Waals surface area contributed by atoms with Crippen molar-refractivity contribution in [3.8, 4) is 23.0 Å². The first-order valence-electron chi connectivity index (χ1n) is 13.6. The summed E-state index contributed by atoms with van der Waals surface area (Å²) >= 11 is 0. The fourth-order valence-electron chi connectivity index (χ4n) is 5.31. The molecule has 0 saturated heterocycles. The minimum Gasteiger partial charge on any atom is -0.485 e. The zero-order chi connectivity index (χ0) is 31.9. The largest absolute Gasteiger partial charge is 0.485 e. The first-order valence-corrected chi connectivity index (χ1v) is 13.6. The third-order valence-electron chi connectivity index (χ3n) is 7.76. The summed E-state index contributed by atoms with van der Waals surface area (Å²) in [4.78, 5) is 45.3. The molecule has 2 aliphatic rings. The number of benzene rings is 4. The first kappa shape index (κ1) is 29.1. The number of hydrogen-bond acceptors (Lipinski definition) is 8. The molecule has 4 atom stereocenters. The molecule has 2 saturated carbocycles. The zero-order valence-corrected chi connectivity index (χ0v) is 23.1. The van der Waals surface area contributed by atoms with Gasteiger partial charge in [-0.2, -0.15) is 0 Å². The van der Waals surface area contributed by atoms with Crippen LogP contribution in [-0.2, 0) is 0 Å². The molecule has 228 valence electrons. The summed E-state index contributed by atoms with van der Waals surface area (Å²) in [5.41, 5.74) is -0.635. The van der Waals surface area contributed by atoms with Gasteiger partial charge in [-0.05, 0) is 97.1 Å². The Kier molecular flexibility index (Phi) is 7.25. The number of aromatic carboxylic acids is 4. The van der Waals surface area contributed by atoms with Crippen LogP contribution in [0.2, 0.25) is 0 Å². The molecule has 6 rings (SSSR count). The van der Waals surface area contributed by atoms with Crippen molar-refractivity contribution in [3.05, 3.63) is 119 Å². The van der Waals surface area contributed by atoms with Crippen LogP contribution in [0, 0.1) is 5.41 Å². The predicted octanol–water partition coefficient (Wildman–Crippen LogP) is 4.58. The van der Waals surface area contributed by atoms with Crippen molar-refractivity contribution in [2.24, 2.45) is 5.41 Å². The van der Waals surface area contributed by atoms with E-state index in [2.05, 4.69) is 0 Å². The molecule has 4 N–H and O–H groups in total. The highest BCUT2D eigenvalue weighted by Gasteiger charge is 2.93. The van der Waals surface area contributed by atoms with E-state index in [1.807, 2.05) is 0 Å². The maximum atomic E-state index is 11.3. The molecular weight excluding hydrogens is 588 g/mol. The van der Waals surface area contributed by atoms with Crippen LogP contribution >= 0.6 is 0 Å². The van der Waals surface area contributed by atoms with Gasteiger partial charge in [0.2, 0.25) is 0 Å². The molecule has 0 radical (unpaired) electrons. The fraction of sp³-hybridized carbons (Fsp3) is 0.152. The van der Waals surface area contributed by atoms with Crippen LogP contribution in [0.25, 0.3) is 0 Å². The van der Waals surface area contributed by atoms with Gasteiger partial charge in [-0.1, -0.05) is 0 Å². The van der Waals surface area contributed by atoms with Crippen LogP contribution < -0.4 is 18.9 Å². The molecule has 4 unspecified atom stereocenters. The lowest BCUT2D eigenvalue weighted by Gasteiger charge is -2.08. The Morgan fingerprint density at radius 2 is 0.556 bits per heavy atom. The second-order valence-electron chi connectivity index (χ2n) is 10.5. The van der Waals surface area contributed by atoms with Gasteiger partial charge in [0.05, 0.1) is 22.3 Å². The SMILES string of the molecule is O=C(O)c1ccc(OC2C(Oc3ccc(C(=O)O)cc3)C23C(Oc2ccc(C(=O)O)cc2)C3Oc2ccc(C(=O)O)cc2)cc1. The average Bonchev–Trinajstić information content (AvgIpc) is 3.85. The Labute approximate surface area is 254 Å².